The van der Waals surface area contributed by atoms with Gasteiger partial charge in [-0.25, -0.2) is 4.79 Å². The molecule has 1 amide bonds. The van der Waals surface area contributed by atoms with E-state index in [0.717, 1.165) is 6.08 Å². The molecule has 0 radical (unpaired) electrons. The standard InChI is InChI=1S/C13H21N5O5/c14-7(3-2-6-17-12(15)16)10(20)18-9(11(21)22)13(23)5-1-4-8(13)19/h1,4,7,9,23H,2-3,5-6,14H2,(H,18,20)(H,21,22)(H4,15,16,17)/t7?,9-,13?/m1/s1. The molecule has 0 bridgehead atoms. The molecule has 0 aromatic heterocycles. The highest BCUT2D eigenvalue weighted by Crippen LogP contribution is 2.24. The van der Waals surface area contributed by atoms with Crippen LogP contribution >= 0.6 is 0 Å². The van der Waals surface area contributed by atoms with Crippen molar-refractivity contribution in [2.45, 2.75) is 36.9 Å². The van der Waals surface area contributed by atoms with Crippen molar-refractivity contribution in [2.75, 3.05) is 6.54 Å². The van der Waals surface area contributed by atoms with E-state index in [2.05, 4.69) is 10.3 Å². The monoisotopic (exact) mass is 327 g/mol. The van der Waals surface area contributed by atoms with Crippen molar-refractivity contribution in [2.24, 2.45) is 22.2 Å². The van der Waals surface area contributed by atoms with Crippen LogP contribution in [-0.4, -0.2) is 58.1 Å². The van der Waals surface area contributed by atoms with Crippen molar-refractivity contribution in [3.8, 4) is 0 Å². The molecular formula is C13H21N5O5. The van der Waals surface area contributed by atoms with E-state index < -0.39 is 35.3 Å². The number of carboxylic acid groups (broad SMARTS) is 1. The number of nitrogens with one attached hydrogen (secondary N) is 1. The molecule has 0 fully saturated rings. The number of carboxylic acids is 1. The first-order valence-corrected chi connectivity index (χ1v) is 6.96. The Labute approximate surface area is 132 Å². The number of aliphatic imine (C=N–C) groups is 1. The molecule has 128 valence electrons. The summed E-state index contributed by atoms with van der Waals surface area (Å²) in [6.07, 6.45) is 2.86. The van der Waals surface area contributed by atoms with Gasteiger partial charge in [0.05, 0.1) is 6.04 Å². The van der Waals surface area contributed by atoms with Crippen LogP contribution < -0.4 is 22.5 Å². The highest BCUT2D eigenvalue weighted by molar-refractivity contribution is 6.04. The highest BCUT2D eigenvalue weighted by atomic mass is 16.4. The Bertz CT molecular complexity index is 543. The summed E-state index contributed by atoms with van der Waals surface area (Å²) in [6, 6.07) is -2.79. The fourth-order valence-electron chi connectivity index (χ4n) is 2.14. The van der Waals surface area contributed by atoms with Gasteiger partial charge in [0.1, 0.15) is 0 Å². The van der Waals surface area contributed by atoms with Crippen LogP contribution in [0.2, 0.25) is 0 Å². The molecule has 2 unspecified atom stereocenters. The normalized spacial score (nSPS) is 22.4. The van der Waals surface area contributed by atoms with Gasteiger partial charge in [0.15, 0.2) is 23.4 Å². The van der Waals surface area contributed by atoms with Crippen molar-refractivity contribution in [1.82, 2.24) is 5.32 Å². The molecule has 9 N–H and O–H groups in total. The zero-order valence-electron chi connectivity index (χ0n) is 12.4. The van der Waals surface area contributed by atoms with E-state index in [0.29, 0.717) is 6.42 Å². The molecule has 0 heterocycles. The minimum atomic E-state index is -2.19. The van der Waals surface area contributed by atoms with Crippen LogP contribution in [-0.2, 0) is 14.4 Å². The third kappa shape index (κ3) is 4.76. The molecule has 0 spiro atoms. The third-order valence-corrected chi connectivity index (χ3v) is 3.44. The van der Waals surface area contributed by atoms with Gasteiger partial charge in [0.25, 0.3) is 0 Å². The van der Waals surface area contributed by atoms with Gasteiger partial charge < -0.3 is 32.7 Å². The summed E-state index contributed by atoms with van der Waals surface area (Å²) >= 11 is 0. The lowest BCUT2D eigenvalue weighted by Gasteiger charge is -2.29. The summed E-state index contributed by atoms with van der Waals surface area (Å²) in [5, 5.41) is 21.5. The van der Waals surface area contributed by atoms with E-state index in [4.69, 9.17) is 17.2 Å². The maximum Gasteiger partial charge on any atom is 0.329 e. The van der Waals surface area contributed by atoms with Crippen LogP contribution in [0, 0.1) is 0 Å². The minimum absolute atomic E-state index is 0.0802. The number of rotatable bonds is 8. The number of ketones is 1. The predicted octanol–water partition coefficient (Wildman–Crippen LogP) is -2.80. The van der Waals surface area contributed by atoms with E-state index in [1.165, 1.54) is 6.08 Å². The average Bonchev–Trinajstić information content (AvgIpc) is 2.80. The van der Waals surface area contributed by atoms with Gasteiger partial charge in [-0.3, -0.25) is 14.6 Å². The second-order valence-corrected chi connectivity index (χ2v) is 5.23. The topological polar surface area (TPSA) is 194 Å². The molecule has 10 heteroatoms. The largest absolute Gasteiger partial charge is 0.480 e. The minimum Gasteiger partial charge on any atom is -0.480 e. The predicted molar refractivity (Wildman–Crippen MR) is 81.2 cm³/mol. The molecule has 3 atom stereocenters. The fourth-order valence-corrected chi connectivity index (χ4v) is 2.14. The summed E-state index contributed by atoms with van der Waals surface area (Å²) in [5.41, 5.74) is 13.8. The van der Waals surface area contributed by atoms with Gasteiger partial charge in [0, 0.05) is 13.0 Å². The van der Waals surface area contributed by atoms with Crippen molar-refractivity contribution < 1.29 is 24.6 Å². The zero-order chi connectivity index (χ0) is 17.6. The second-order valence-electron chi connectivity index (χ2n) is 5.23. The Kier molecular flexibility index (Phi) is 6.22. The number of nitrogens with zero attached hydrogens (tertiary/aromatic N) is 1. The molecule has 0 aliphatic heterocycles. The molecule has 23 heavy (non-hydrogen) atoms. The van der Waals surface area contributed by atoms with Gasteiger partial charge >= 0.3 is 5.97 Å². The molecule has 0 aromatic carbocycles. The van der Waals surface area contributed by atoms with Crippen molar-refractivity contribution in [3.63, 3.8) is 0 Å². The number of hydrogen-bond acceptors (Lipinski definition) is 6. The van der Waals surface area contributed by atoms with Crippen LogP contribution in [0.1, 0.15) is 19.3 Å². The number of nitrogens with two attached hydrogens (primary N) is 3. The summed E-state index contributed by atoms with van der Waals surface area (Å²) in [6.45, 7) is 0.276. The fraction of sp³-hybridized carbons (Fsp3) is 0.538. The average molecular weight is 327 g/mol. The van der Waals surface area contributed by atoms with Crippen LogP contribution in [0.25, 0.3) is 0 Å². The lowest BCUT2D eigenvalue weighted by Crippen LogP contribution is -2.61. The van der Waals surface area contributed by atoms with Gasteiger partial charge in [-0.1, -0.05) is 6.08 Å². The third-order valence-electron chi connectivity index (χ3n) is 3.44. The van der Waals surface area contributed by atoms with Gasteiger partial charge in [0.2, 0.25) is 5.91 Å². The van der Waals surface area contributed by atoms with E-state index in [9.17, 15) is 24.6 Å². The lowest BCUT2D eigenvalue weighted by atomic mass is 9.90. The molecule has 1 rings (SSSR count). The summed E-state index contributed by atoms with van der Waals surface area (Å²) in [5.74, 6) is -3.16. The van der Waals surface area contributed by atoms with Crippen LogP contribution in [0.3, 0.4) is 0 Å². The molecule has 1 aliphatic rings. The molecule has 0 saturated heterocycles. The van der Waals surface area contributed by atoms with Crippen molar-refractivity contribution >= 4 is 23.6 Å². The van der Waals surface area contributed by atoms with Gasteiger partial charge in [-0.2, -0.15) is 0 Å². The van der Waals surface area contributed by atoms with Gasteiger partial charge in [-0.15, -0.1) is 0 Å². The first-order chi connectivity index (χ1) is 10.7. The Hall–Kier alpha value is -2.46. The summed E-state index contributed by atoms with van der Waals surface area (Å²) in [4.78, 5) is 38.6. The number of carbonyl (C=O) groups is 3. The molecule has 0 saturated carbocycles. The Morgan fingerprint density at radius 1 is 1.43 bits per heavy atom. The van der Waals surface area contributed by atoms with Crippen LogP contribution in [0.5, 0.6) is 0 Å². The maximum atomic E-state index is 12.0. The Morgan fingerprint density at radius 3 is 2.57 bits per heavy atom. The maximum absolute atomic E-state index is 12.0. The second kappa shape index (κ2) is 7.70. The number of carbonyl (C=O) groups excluding carboxylic acids is 2. The van der Waals surface area contributed by atoms with Crippen molar-refractivity contribution in [3.05, 3.63) is 12.2 Å². The van der Waals surface area contributed by atoms with E-state index in [1.54, 1.807) is 0 Å². The molecular weight excluding hydrogens is 306 g/mol. The quantitative estimate of drug-likeness (QED) is 0.156. The SMILES string of the molecule is NC(N)=NCCCC(N)C(=O)N[C@H](C(=O)O)C1(O)CC=CC1=O. The smallest absolute Gasteiger partial charge is 0.329 e. The van der Waals surface area contributed by atoms with E-state index >= 15 is 0 Å². The summed E-state index contributed by atoms with van der Waals surface area (Å²) in [7, 11) is 0. The van der Waals surface area contributed by atoms with Crippen LogP contribution in [0.15, 0.2) is 17.1 Å². The van der Waals surface area contributed by atoms with Crippen molar-refractivity contribution in [1.29, 1.82) is 0 Å². The van der Waals surface area contributed by atoms with E-state index in [-0.39, 0.29) is 25.3 Å². The Morgan fingerprint density at radius 2 is 2.09 bits per heavy atom. The molecule has 10 nitrogen and oxygen atoms in total. The highest BCUT2D eigenvalue weighted by Gasteiger charge is 2.49. The summed E-state index contributed by atoms with van der Waals surface area (Å²) < 4.78 is 0. The number of hydrogen-bond donors (Lipinski definition) is 6. The lowest BCUT2D eigenvalue weighted by molar-refractivity contribution is -0.155. The number of amides is 1. The molecule has 1 aliphatic carbocycles. The number of aliphatic carboxylic acids is 1. The Balaban J connectivity index is 2.63. The molecule has 0 aromatic rings. The van der Waals surface area contributed by atoms with Crippen LogP contribution in [0.4, 0.5) is 0 Å². The number of aliphatic hydroxyl groups is 1. The van der Waals surface area contributed by atoms with E-state index in [1.807, 2.05) is 0 Å². The first kappa shape index (κ1) is 18.6. The first-order valence-electron chi connectivity index (χ1n) is 6.96. The number of guanidine groups is 1. The zero-order valence-corrected chi connectivity index (χ0v) is 12.4. The van der Waals surface area contributed by atoms with Gasteiger partial charge in [-0.05, 0) is 18.9 Å².